The first kappa shape index (κ1) is 16.4. The van der Waals surface area contributed by atoms with Crippen LogP contribution in [-0.4, -0.2) is 34.5 Å². The van der Waals surface area contributed by atoms with Gasteiger partial charge in [-0.1, -0.05) is 6.07 Å². The van der Waals surface area contributed by atoms with Crippen LogP contribution in [0.25, 0.3) is 0 Å². The molecule has 7 nitrogen and oxygen atoms in total. The Morgan fingerprint density at radius 1 is 0.962 bits per heavy atom. The summed E-state index contributed by atoms with van der Waals surface area (Å²) in [6, 6.07) is 3.36. The molecular formula is C19H18O7. The van der Waals surface area contributed by atoms with Gasteiger partial charge in [0.1, 0.15) is 22.8 Å². The maximum Gasteiger partial charge on any atom is 0.231 e. The van der Waals surface area contributed by atoms with Gasteiger partial charge < -0.3 is 29.5 Å². The Labute approximate surface area is 149 Å². The summed E-state index contributed by atoms with van der Waals surface area (Å²) >= 11 is 0. The predicted molar refractivity (Wildman–Crippen MR) is 90.5 cm³/mol. The van der Waals surface area contributed by atoms with E-state index in [1.54, 1.807) is 26.0 Å². The molecule has 0 fully saturated rings. The molecule has 2 aromatic rings. The minimum absolute atomic E-state index is 0.0428. The van der Waals surface area contributed by atoms with Crippen molar-refractivity contribution < 1.29 is 34.3 Å². The lowest BCUT2D eigenvalue weighted by molar-refractivity contribution is 0.0823. The zero-order valence-electron chi connectivity index (χ0n) is 14.3. The summed E-state index contributed by atoms with van der Waals surface area (Å²) in [5.74, 6) is -0.333. The Morgan fingerprint density at radius 3 is 2.50 bits per heavy atom. The van der Waals surface area contributed by atoms with Crippen LogP contribution in [0.3, 0.4) is 0 Å². The van der Waals surface area contributed by atoms with Gasteiger partial charge in [-0.05, 0) is 31.9 Å². The third-order valence-electron chi connectivity index (χ3n) is 4.98. The molecule has 2 aliphatic heterocycles. The highest BCUT2D eigenvalue weighted by molar-refractivity contribution is 6.05. The van der Waals surface area contributed by atoms with Gasteiger partial charge in [-0.3, -0.25) is 4.79 Å². The van der Waals surface area contributed by atoms with Gasteiger partial charge in [0.2, 0.25) is 12.5 Å². The van der Waals surface area contributed by atoms with Crippen LogP contribution in [0.15, 0.2) is 12.1 Å². The lowest BCUT2D eigenvalue weighted by atomic mass is 9.86. The number of rotatable bonds is 2. The minimum atomic E-state index is -0.581. The third kappa shape index (κ3) is 2.23. The van der Waals surface area contributed by atoms with Gasteiger partial charge in [0, 0.05) is 11.1 Å². The first-order valence-corrected chi connectivity index (χ1v) is 8.22. The Hall–Kier alpha value is -3.09. The molecule has 0 aliphatic carbocycles. The molecule has 7 heteroatoms. The number of fused-ring (bicyclic) bond motifs is 2. The molecule has 0 bridgehead atoms. The van der Waals surface area contributed by atoms with Crippen molar-refractivity contribution in [3.8, 4) is 34.5 Å². The molecule has 3 N–H and O–H groups in total. The molecule has 2 aromatic carbocycles. The third-order valence-corrected chi connectivity index (χ3v) is 4.98. The van der Waals surface area contributed by atoms with Gasteiger partial charge in [-0.15, -0.1) is 0 Å². The van der Waals surface area contributed by atoms with E-state index in [4.69, 9.17) is 14.2 Å². The van der Waals surface area contributed by atoms with Crippen molar-refractivity contribution in [1.82, 2.24) is 0 Å². The van der Waals surface area contributed by atoms with Crippen LogP contribution in [0, 0.1) is 19.8 Å². The van der Waals surface area contributed by atoms with Gasteiger partial charge >= 0.3 is 0 Å². The quantitative estimate of drug-likeness (QED) is 0.758. The average molecular weight is 358 g/mol. The summed E-state index contributed by atoms with van der Waals surface area (Å²) < 4.78 is 16.1. The first-order valence-electron chi connectivity index (χ1n) is 8.22. The molecule has 2 aliphatic rings. The molecule has 26 heavy (non-hydrogen) atoms. The number of hydrogen-bond acceptors (Lipinski definition) is 7. The van der Waals surface area contributed by atoms with Gasteiger partial charge in [0.25, 0.3) is 0 Å². The molecule has 0 spiro atoms. The lowest BCUT2D eigenvalue weighted by Crippen LogP contribution is -2.30. The Balaban J connectivity index is 1.69. The number of benzene rings is 2. The molecule has 1 atom stereocenters. The Morgan fingerprint density at radius 2 is 1.73 bits per heavy atom. The van der Waals surface area contributed by atoms with Crippen LogP contribution in [0.4, 0.5) is 0 Å². The number of carbonyl (C=O) groups is 1. The number of aromatic hydroxyl groups is 3. The van der Waals surface area contributed by atoms with Crippen molar-refractivity contribution in [3.63, 3.8) is 0 Å². The standard InChI is InChI=1S/C19H18O7/c1-8-14(20)9(2)18-13(15(8)21)16(22)11(6-24-18)5-10-3-4-12-19(17(10)23)26-7-25-12/h3-4,11,20-21,23H,5-7H2,1-2H3/t11-/m1/s1. The maximum absolute atomic E-state index is 12.9. The smallest absolute Gasteiger partial charge is 0.231 e. The van der Waals surface area contributed by atoms with Gasteiger partial charge in [0.15, 0.2) is 17.3 Å². The fraction of sp³-hybridized carbons (Fsp3) is 0.316. The van der Waals surface area contributed by atoms with Crippen molar-refractivity contribution in [3.05, 3.63) is 34.4 Å². The van der Waals surface area contributed by atoms with E-state index in [2.05, 4.69) is 0 Å². The number of carbonyl (C=O) groups excluding carboxylic acids is 1. The van der Waals surface area contributed by atoms with Crippen LogP contribution < -0.4 is 14.2 Å². The Kier molecular flexibility index (Phi) is 3.61. The highest BCUT2D eigenvalue weighted by Gasteiger charge is 2.36. The number of ether oxygens (including phenoxy) is 3. The Bertz CT molecular complexity index is 932. The predicted octanol–water partition coefficient (Wildman–Crippen LogP) is 2.58. The van der Waals surface area contributed by atoms with Crippen LogP contribution in [0.5, 0.6) is 34.5 Å². The molecule has 0 saturated heterocycles. The second kappa shape index (κ2) is 5.72. The van der Waals surface area contributed by atoms with Gasteiger partial charge in [0.05, 0.1) is 12.5 Å². The number of phenolic OH excluding ortho intramolecular Hbond substituents is 3. The average Bonchev–Trinajstić information content (AvgIpc) is 3.11. The van der Waals surface area contributed by atoms with Gasteiger partial charge in [-0.2, -0.15) is 0 Å². The number of hydrogen-bond donors (Lipinski definition) is 3. The number of Topliss-reactive ketones (excluding diaryl/α,β-unsaturated/α-hetero) is 1. The summed E-state index contributed by atoms with van der Waals surface area (Å²) in [6.07, 6.45) is 0.221. The molecule has 0 saturated carbocycles. The summed E-state index contributed by atoms with van der Waals surface area (Å²) in [6.45, 7) is 3.31. The number of phenols is 3. The van der Waals surface area contributed by atoms with Crippen LogP contribution in [-0.2, 0) is 6.42 Å². The number of ketones is 1. The molecule has 0 aromatic heterocycles. The van der Waals surface area contributed by atoms with Crippen molar-refractivity contribution in [2.24, 2.45) is 5.92 Å². The zero-order chi connectivity index (χ0) is 18.6. The normalized spacial score (nSPS) is 17.8. The van der Waals surface area contributed by atoms with E-state index in [9.17, 15) is 20.1 Å². The van der Waals surface area contributed by atoms with Crippen LogP contribution >= 0.6 is 0 Å². The highest BCUT2D eigenvalue weighted by Crippen LogP contribution is 2.46. The van der Waals surface area contributed by atoms with Crippen molar-refractivity contribution >= 4 is 5.78 Å². The van der Waals surface area contributed by atoms with Crippen molar-refractivity contribution in [2.75, 3.05) is 13.4 Å². The summed E-state index contributed by atoms with van der Waals surface area (Å²) in [5.41, 5.74) is 1.28. The molecular weight excluding hydrogens is 340 g/mol. The van der Waals surface area contributed by atoms with E-state index >= 15 is 0 Å². The molecule has 4 rings (SSSR count). The second-order valence-corrected chi connectivity index (χ2v) is 6.53. The van der Waals surface area contributed by atoms with E-state index in [1.807, 2.05) is 0 Å². The van der Waals surface area contributed by atoms with Gasteiger partial charge in [-0.25, -0.2) is 0 Å². The maximum atomic E-state index is 12.9. The van der Waals surface area contributed by atoms with E-state index in [-0.39, 0.29) is 65.5 Å². The zero-order valence-corrected chi connectivity index (χ0v) is 14.3. The first-order chi connectivity index (χ1) is 12.4. The molecule has 0 radical (unpaired) electrons. The molecule has 0 unspecified atom stereocenters. The molecule has 136 valence electrons. The lowest BCUT2D eigenvalue weighted by Gasteiger charge is -2.27. The fourth-order valence-corrected chi connectivity index (χ4v) is 3.44. The monoisotopic (exact) mass is 358 g/mol. The summed E-state index contributed by atoms with van der Waals surface area (Å²) in [7, 11) is 0. The molecule has 0 amide bonds. The second-order valence-electron chi connectivity index (χ2n) is 6.53. The highest BCUT2D eigenvalue weighted by atomic mass is 16.7. The fourth-order valence-electron chi connectivity index (χ4n) is 3.44. The summed E-state index contributed by atoms with van der Waals surface area (Å²) in [4.78, 5) is 12.9. The van der Waals surface area contributed by atoms with Crippen LogP contribution in [0.2, 0.25) is 0 Å². The minimum Gasteiger partial charge on any atom is -0.507 e. The van der Waals surface area contributed by atoms with E-state index in [1.165, 1.54) is 0 Å². The van der Waals surface area contributed by atoms with E-state index in [0.29, 0.717) is 16.9 Å². The SMILES string of the molecule is Cc1c(O)c(C)c2c(c1O)C(=O)[C@H](Cc1ccc3c(c1O)OCO3)CO2. The van der Waals surface area contributed by atoms with Crippen molar-refractivity contribution in [1.29, 1.82) is 0 Å². The van der Waals surface area contributed by atoms with Crippen molar-refractivity contribution in [2.45, 2.75) is 20.3 Å². The molecule has 2 heterocycles. The van der Waals surface area contributed by atoms with E-state index in [0.717, 1.165) is 0 Å². The van der Waals surface area contributed by atoms with E-state index < -0.39 is 5.92 Å². The largest absolute Gasteiger partial charge is 0.507 e. The van der Waals surface area contributed by atoms with Crippen LogP contribution in [0.1, 0.15) is 27.0 Å². The summed E-state index contributed by atoms with van der Waals surface area (Å²) in [5, 5.41) is 30.7. The topological polar surface area (TPSA) is 105 Å².